The first-order chi connectivity index (χ1) is 4.00. The minimum Gasteiger partial charge on any atom is 0 e. The Kier molecular flexibility index (Phi) is 14.2. The molecule has 0 saturated carbocycles. The Balaban J connectivity index is -0.000000107. The average molecular weight is 355 g/mol. The van der Waals surface area contributed by atoms with Gasteiger partial charge in [-0.25, -0.2) is 0 Å². The van der Waals surface area contributed by atoms with E-state index in [1.54, 1.807) is 20.8 Å². The Morgan fingerprint density at radius 2 is 1.00 bits per heavy atom. The van der Waals surface area contributed by atoms with Crippen molar-refractivity contribution in [3.05, 3.63) is 0 Å². The molecular weight excluding hydrogens is 345 g/mol. The second kappa shape index (κ2) is 8.06. The van der Waals surface area contributed by atoms with Gasteiger partial charge in [-0.3, -0.25) is 0 Å². The molecule has 1 N–H and O–H groups in total. The van der Waals surface area contributed by atoms with Gasteiger partial charge < -0.3 is 5.11 Å². The van der Waals surface area contributed by atoms with E-state index in [1.807, 2.05) is 0 Å². The van der Waals surface area contributed by atoms with Crippen molar-refractivity contribution in [3.63, 3.8) is 0 Å². The fraction of sp³-hybridized carbons (Fsp3) is 1.00. The molecule has 0 spiro atoms. The van der Waals surface area contributed by atoms with E-state index in [-0.39, 0.29) is 21.7 Å². The van der Waals surface area contributed by atoms with Gasteiger partial charge in [-0.15, -0.1) is 0 Å². The summed E-state index contributed by atoms with van der Waals surface area (Å²) in [5, 5.41) is 8.52. The van der Waals surface area contributed by atoms with E-state index in [4.69, 9.17) is 39.2 Å². The van der Waals surface area contributed by atoms with Crippen LogP contribution in [0, 0.1) is 0 Å². The molecule has 0 rings (SSSR count). The normalized spacial score (nSPS) is 10.9. The molecule has 0 aliphatic rings. The van der Waals surface area contributed by atoms with E-state index < -0.39 is 21.1 Å². The summed E-state index contributed by atoms with van der Waals surface area (Å²) >= 11 is -3.29. The minimum absolute atomic E-state index is 0. The van der Waals surface area contributed by atoms with Crippen molar-refractivity contribution in [2.45, 2.75) is 26.4 Å². The Morgan fingerprint density at radius 1 is 1.00 bits per heavy atom. The second-order valence-electron chi connectivity index (χ2n) is 2.60. The molecule has 0 bridgehead atoms. The van der Waals surface area contributed by atoms with Crippen LogP contribution in [0.25, 0.3) is 0 Å². The smallest absolute Gasteiger partial charge is 0 e. The van der Waals surface area contributed by atoms with Gasteiger partial charge in [0, 0.05) is 21.7 Å². The Morgan fingerprint density at radius 3 is 1.00 bits per heavy atom. The third-order valence-electron chi connectivity index (χ3n) is 0. The maximum atomic E-state index is 8.52. The average Bonchev–Trinajstić information content (AvgIpc) is 1.12. The topological polar surface area (TPSA) is 20.2 Å². The Bertz CT molecular complexity index is 65.1. The summed E-state index contributed by atoms with van der Waals surface area (Å²) < 4.78 is 0. The third-order valence-corrected chi connectivity index (χ3v) is 0. The minimum atomic E-state index is -3.29. The molecule has 0 amide bonds. The first kappa shape index (κ1) is 19.3. The van der Waals surface area contributed by atoms with Gasteiger partial charge in [0.2, 0.25) is 0 Å². The van der Waals surface area contributed by atoms with Crippen molar-refractivity contribution in [1.82, 2.24) is 0 Å². The molecule has 0 aromatic heterocycles. The quantitative estimate of drug-likeness (QED) is 0.660. The van der Waals surface area contributed by atoms with Crippen molar-refractivity contribution in [3.8, 4) is 0 Å². The number of rotatable bonds is 0. The Labute approximate surface area is 101 Å². The van der Waals surface area contributed by atoms with E-state index in [2.05, 4.69) is 0 Å². The van der Waals surface area contributed by atoms with Crippen LogP contribution < -0.4 is 0 Å². The SMILES string of the molecule is CC(C)(C)O.[Cl][Zr]([Cl])([Cl])[Cl].[Ti]. The maximum absolute atomic E-state index is 8.52. The number of aliphatic hydroxyl groups is 1. The third kappa shape index (κ3) is 198. The van der Waals surface area contributed by atoms with Crippen LogP contribution in [0.2, 0.25) is 0 Å². The van der Waals surface area contributed by atoms with Crippen molar-refractivity contribution >= 4 is 34.1 Å². The molecule has 0 aromatic rings. The van der Waals surface area contributed by atoms with Crippen LogP contribution in [0.1, 0.15) is 20.8 Å². The van der Waals surface area contributed by atoms with E-state index in [9.17, 15) is 0 Å². The van der Waals surface area contributed by atoms with Crippen molar-refractivity contribution in [2.24, 2.45) is 0 Å². The van der Waals surface area contributed by atoms with Crippen LogP contribution in [0.4, 0.5) is 0 Å². The molecule has 0 unspecified atom stereocenters. The first-order valence-corrected chi connectivity index (χ1v) is 15.1. The summed E-state index contributed by atoms with van der Waals surface area (Å²) in [6.07, 6.45) is 0. The summed E-state index contributed by atoms with van der Waals surface area (Å²) in [4.78, 5) is 0. The number of hydrogen-bond donors (Lipinski definition) is 1. The van der Waals surface area contributed by atoms with Crippen LogP contribution in [0.5, 0.6) is 0 Å². The maximum Gasteiger partial charge on any atom is 0 e. The van der Waals surface area contributed by atoms with Crippen molar-refractivity contribution < 1.29 is 42.3 Å². The second-order valence-corrected chi connectivity index (χ2v) is 25.0. The van der Waals surface area contributed by atoms with Gasteiger partial charge in [0.25, 0.3) is 0 Å². The van der Waals surface area contributed by atoms with E-state index in [0.29, 0.717) is 0 Å². The summed E-state index contributed by atoms with van der Waals surface area (Å²) in [6, 6.07) is 0. The number of hydrogen-bond acceptors (Lipinski definition) is 1. The van der Waals surface area contributed by atoms with E-state index >= 15 is 0 Å². The molecule has 11 heavy (non-hydrogen) atoms. The zero-order valence-electron chi connectivity index (χ0n) is 6.46. The predicted molar refractivity (Wildman–Crippen MR) is 45.4 cm³/mol. The summed E-state index contributed by atoms with van der Waals surface area (Å²) in [5.41, 5.74) is -0.500. The van der Waals surface area contributed by atoms with Gasteiger partial charge in [0.1, 0.15) is 0 Å². The monoisotopic (exact) mass is 352 g/mol. The van der Waals surface area contributed by atoms with E-state index in [0.717, 1.165) is 0 Å². The summed E-state index contributed by atoms with van der Waals surface area (Å²) in [7, 11) is 20.1. The fourth-order valence-corrected chi connectivity index (χ4v) is 0. The standard InChI is InChI=1S/C4H10O.4ClH.Ti.Zr/c1-4(2,3)5;;;;;;/h5H,1-3H3;4*1H;;/q;;;;;;+4/p-4. The molecule has 68 valence electrons. The molecule has 0 aliphatic heterocycles. The van der Waals surface area contributed by atoms with Gasteiger partial charge in [-0.2, -0.15) is 0 Å². The van der Waals surface area contributed by atoms with Gasteiger partial charge in [0.15, 0.2) is 0 Å². The fourth-order valence-electron chi connectivity index (χ4n) is 0. The van der Waals surface area contributed by atoms with Crippen LogP contribution in [0.3, 0.4) is 0 Å². The van der Waals surface area contributed by atoms with Gasteiger partial charge in [-0.1, -0.05) is 0 Å². The Hall–Kier alpha value is 2.72. The molecule has 0 atom stereocenters. The zero-order chi connectivity index (χ0) is 9.00. The molecule has 0 fully saturated rings. The summed E-state index contributed by atoms with van der Waals surface area (Å²) in [5.74, 6) is 0. The van der Waals surface area contributed by atoms with Gasteiger partial charge >= 0.3 is 49.5 Å². The van der Waals surface area contributed by atoms with E-state index in [1.165, 1.54) is 0 Å². The predicted octanol–water partition coefficient (Wildman–Crippen LogP) is 3.53. The van der Waals surface area contributed by atoms with Crippen molar-refractivity contribution in [2.75, 3.05) is 0 Å². The largest absolute Gasteiger partial charge is 0 e. The van der Waals surface area contributed by atoms with Crippen molar-refractivity contribution in [1.29, 1.82) is 0 Å². The molecule has 0 aliphatic carbocycles. The molecule has 0 saturated heterocycles. The zero-order valence-corrected chi connectivity index (χ0v) is 13.5. The van der Waals surface area contributed by atoms with Crippen LogP contribution in [-0.2, 0) is 37.2 Å². The van der Waals surface area contributed by atoms with Gasteiger partial charge in [0.05, 0.1) is 5.60 Å². The first-order valence-electron chi connectivity index (χ1n) is 2.48. The molecule has 0 aromatic carbocycles. The van der Waals surface area contributed by atoms with Gasteiger partial charge in [-0.05, 0) is 20.8 Å². The van der Waals surface area contributed by atoms with Crippen LogP contribution in [-0.4, -0.2) is 10.7 Å². The molecule has 0 radical (unpaired) electrons. The van der Waals surface area contributed by atoms with Crippen LogP contribution >= 0.6 is 34.1 Å². The molecular formula is C4H10Cl4OTiZr. The molecule has 7 heteroatoms. The summed E-state index contributed by atoms with van der Waals surface area (Å²) in [6.45, 7) is 5.23. The molecule has 1 nitrogen and oxygen atoms in total. The number of halogens is 4. The van der Waals surface area contributed by atoms with Crippen LogP contribution in [0.15, 0.2) is 0 Å². The molecule has 0 heterocycles.